The molecule has 0 bridgehead atoms. The van der Waals surface area contributed by atoms with E-state index in [9.17, 15) is 27.2 Å². The third-order valence-electron chi connectivity index (χ3n) is 7.43. The lowest BCUT2D eigenvalue weighted by atomic mass is 9.79. The van der Waals surface area contributed by atoms with Crippen molar-refractivity contribution in [2.45, 2.75) is 50.2 Å². The summed E-state index contributed by atoms with van der Waals surface area (Å²) in [6, 6.07) is 1.60. The molecule has 4 N–H and O–H groups in total. The van der Waals surface area contributed by atoms with Gasteiger partial charge in [-0.25, -0.2) is 9.18 Å². The standard InChI is InChI=1S/C23H30F4N4O4/c1-34-19-11-35-3-2-18(19)30-17-7-15-10-31(21(28)33)12-22(15,8-17)20(32)29-9-13-4-14(23(25,26)27)6-16(24)5-13/h4-6,15,17-19,30H,2-3,7-12H2,1H3,(H2,28,33)(H,29,32)/t15-,17+,18?,19?,22-/m0/s1. The van der Waals surface area contributed by atoms with E-state index in [4.69, 9.17) is 15.2 Å². The number of rotatable bonds is 6. The highest BCUT2D eigenvalue weighted by Gasteiger charge is 2.58. The Labute approximate surface area is 200 Å². The summed E-state index contributed by atoms with van der Waals surface area (Å²) in [6.07, 6.45) is -3.01. The lowest BCUT2D eigenvalue weighted by Gasteiger charge is -2.34. The summed E-state index contributed by atoms with van der Waals surface area (Å²) in [5.74, 6) is -1.59. The van der Waals surface area contributed by atoms with Crippen LogP contribution in [0.5, 0.6) is 0 Å². The number of methoxy groups -OCH3 is 1. The zero-order valence-electron chi connectivity index (χ0n) is 19.4. The number of primary amides is 1. The van der Waals surface area contributed by atoms with Gasteiger partial charge in [-0.2, -0.15) is 13.2 Å². The molecule has 1 aliphatic carbocycles. The summed E-state index contributed by atoms with van der Waals surface area (Å²) in [5, 5.41) is 6.27. The van der Waals surface area contributed by atoms with Crippen molar-refractivity contribution in [3.8, 4) is 0 Å². The summed E-state index contributed by atoms with van der Waals surface area (Å²) in [5.41, 5.74) is 3.42. The van der Waals surface area contributed by atoms with Gasteiger partial charge in [0, 0.05) is 45.4 Å². The summed E-state index contributed by atoms with van der Waals surface area (Å²) in [6.45, 7) is 1.24. The quantitative estimate of drug-likeness (QED) is 0.517. The second-order valence-electron chi connectivity index (χ2n) is 9.65. The fourth-order valence-electron chi connectivity index (χ4n) is 5.73. The van der Waals surface area contributed by atoms with Crippen molar-refractivity contribution in [1.82, 2.24) is 15.5 Å². The number of hydrogen-bond acceptors (Lipinski definition) is 5. The third kappa shape index (κ3) is 5.39. The molecule has 2 aliphatic heterocycles. The molecule has 2 heterocycles. The smallest absolute Gasteiger partial charge is 0.379 e. The predicted octanol–water partition coefficient (Wildman–Crippen LogP) is 2.01. The molecule has 4 rings (SSSR count). The van der Waals surface area contributed by atoms with E-state index in [0.717, 1.165) is 18.6 Å². The number of carbonyl (C=O) groups excluding carboxylic acids is 2. The maximum absolute atomic E-state index is 13.8. The Morgan fingerprint density at radius 3 is 2.77 bits per heavy atom. The first-order valence-electron chi connectivity index (χ1n) is 11.6. The Hall–Kier alpha value is -2.44. The number of fused-ring (bicyclic) bond motifs is 1. The highest BCUT2D eigenvalue weighted by atomic mass is 19.4. The highest BCUT2D eigenvalue weighted by molar-refractivity contribution is 5.86. The van der Waals surface area contributed by atoms with Crippen LogP contribution in [-0.2, 0) is 27.0 Å². The molecular formula is C23H30F4N4O4. The van der Waals surface area contributed by atoms with E-state index in [1.165, 1.54) is 4.90 Å². The van der Waals surface area contributed by atoms with Crippen LogP contribution in [0.3, 0.4) is 0 Å². The number of benzene rings is 1. The number of amides is 3. The molecule has 3 amide bonds. The monoisotopic (exact) mass is 502 g/mol. The van der Waals surface area contributed by atoms with Gasteiger partial charge in [0.25, 0.3) is 0 Å². The normalized spacial score (nSPS) is 30.8. The zero-order chi connectivity index (χ0) is 25.4. The van der Waals surface area contributed by atoms with Crippen molar-refractivity contribution >= 4 is 11.9 Å². The fraction of sp³-hybridized carbons (Fsp3) is 0.652. The van der Waals surface area contributed by atoms with Crippen LogP contribution in [0.4, 0.5) is 22.4 Å². The summed E-state index contributed by atoms with van der Waals surface area (Å²) < 4.78 is 63.9. The van der Waals surface area contributed by atoms with Gasteiger partial charge in [-0.1, -0.05) is 0 Å². The second-order valence-corrected chi connectivity index (χ2v) is 9.65. The fourth-order valence-corrected chi connectivity index (χ4v) is 5.73. The van der Waals surface area contributed by atoms with Crippen LogP contribution in [0.15, 0.2) is 18.2 Å². The van der Waals surface area contributed by atoms with E-state index in [1.54, 1.807) is 7.11 Å². The Morgan fingerprint density at radius 2 is 2.09 bits per heavy atom. The largest absolute Gasteiger partial charge is 0.416 e. The lowest BCUT2D eigenvalue weighted by molar-refractivity contribution is -0.137. The van der Waals surface area contributed by atoms with Gasteiger partial charge in [-0.05, 0) is 48.9 Å². The number of halogens is 4. The minimum Gasteiger partial charge on any atom is -0.379 e. The summed E-state index contributed by atoms with van der Waals surface area (Å²) in [7, 11) is 1.62. The van der Waals surface area contributed by atoms with Crippen molar-refractivity contribution in [3.63, 3.8) is 0 Å². The zero-order valence-corrected chi connectivity index (χ0v) is 19.4. The lowest BCUT2D eigenvalue weighted by Crippen LogP contribution is -2.52. The third-order valence-corrected chi connectivity index (χ3v) is 7.43. The minimum absolute atomic E-state index is 0.00110. The van der Waals surface area contributed by atoms with E-state index < -0.39 is 29.0 Å². The molecule has 2 saturated heterocycles. The maximum Gasteiger partial charge on any atom is 0.416 e. The van der Waals surface area contributed by atoms with Gasteiger partial charge in [0.2, 0.25) is 5.91 Å². The Morgan fingerprint density at radius 1 is 1.31 bits per heavy atom. The molecule has 2 unspecified atom stereocenters. The molecule has 1 aromatic carbocycles. The summed E-state index contributed by atoms with van der Waals surface area (Å²) >= 11 is 0. The van der Waals surface area contributed by atoms with Crippen LogP contribution in [0.2, 0.25) is 0 Å². The molecule has 35 heavy (non-hydrogen) atoms. The van der Waals surface area contributed by atoms with E-state index in [2.05, 4.69) is 10.6 Å². The number of nitrogens with two attached hydrogens (primary N) is 1. The number of urea groups is 1. The van der Waals surface area contributed by atoms with E-state index >= 15 is 0 Å². The van der Waals surface area contributed by atoms with E-state index in [0.29, 0.717) is 38.7 Å². The average molecular weight is 503 g/mol. The SMILES string of the molecule is COC1COCCC1N[C@@H]1C[C@H]2CN(C(N)=O)C[C@@]2(C(=O)NCc2cc(F)cc(C(F)(F)F)c2)C1. The van der Waals surface area contributed by atoms with Crippen molar-refractivity contribution in [3.05, 3.63) is 35.1 Å². The molecule has 194 valence electrons. The molecule has 12 heteroatoms. The number of carbonyl (C=O) groups is 2. The van der Waals surface area contributed by atoms with Crippen LogP contribution in [0.1, 0.15) is 30.4 Å². The van der Waals surface area contributed by atoms with Gasteiger partial charge >= 0.3 is 12.2 Å². The number of alkyl halides is 3. The molecule has 0 radical (unpaired) electrons. The van der Waals surface area contributed by atoms with Gasteiger partial charge < -0.3 is 30.7 Å². The molecule has 0 aromatic heterocycles. The molecule has 1 saturated carbocycles. The predicted molar refractivity (Wildman–Crippen MR) is 117 cm³/mol. The first-order valence-corrected chi connectivity index (χ1v) is 11.6. The number of nitrogens with zero attached hydrogens (tertiary/aromatic N) is 1. The first kappa shape index (κ1) is 25.6. The molecule has 3 aliphatic rings. The van der Waals surface area contributed by atoms with Gasteiger partial charge in [-0.3, -0.25) is 4.79 Å². The van der Waals surface area contributed by atoms with Crippen molar-refractivity contribution in [2.75, 3.05) is 33.4 Å². The second kappa shape index (κ2) is 9.90. The molecule has 1 aromatic rings. The molecule has 8 nitrogen and oxygen atoms in total. The number of hydrogen-bond donors (Lipinski definition) is 3. The number of ether oxygens (including phenoxy) is 2. The maximum atomic E-state index is 13.8. The van der Waals surface area contributed by atoms with Gasteiger partial charge in [0.05, 0.1) is 23.7 Å². The Kier molecular flexibility index (Phi) is 7.26. The molecule has 3 fully saturated rings. The van der Waals surface area contributed by atoms with Crippen LogP contribution in [0, 0.1) is 17.2 Å². The van der Waals surface area contributed by atoms with Crippen molar-refractivity contribution in [2.24, 2.45) is 17.1 Å². The Balaban J connectivity index is 1.48. The van der Waals surface area contributed by atoms with Gasteiger partial charge in [0.15, 0.2) is 0 Å². The molecular weight excluding hydrogens is 472 g/mol. The average Bonchev–Trinajstić information content (AvgIpc) is 3.32. The number of nitrogens with one attached hydrogen (secondary N) is 2. The molecule has 0 spiro atoms. The number of likely N-dealkylation sites (tertiary alicyclic amines) is 1. The first-order chi connectivity index (χ1) is 16.5. The Bertz CT molecular complexity index is 962. The van der Waals surface area contributed by atoms with Crippen LogP contribution >= 0.6 is 0 Å². The van der Waals surface area contributed by atoms with Crippen molar-refractivity contribution in [1.29, 1.82) is 0 Å². The van der Waals surface area contributed by atoms with Crippen molar-refractivity contribution < 1.29 is 36.6 Å². The van der Waals surface area contributed by atoms with E-state index in [1.807, 2.05) is 0 Å². The van der Waals surface area contributed by atoms with E-state index in [-0.39, 0.29) is 48.7 Å². The van der Waals surface area contributed by atoms with Gasteiger partial charge in [-0.15, -0.1) is 0 Å². The van der Waals surface area contributed by atoms with Crippen LogP contribution in [-0.4, -0.2) is 68.4 Å². The van der Waals surface area contributed by atoms with Gasteiger partial charge in [0.1, 0.15) is 5.82 Å². The van der Waals surface area contributed by atoms with Crippen LogP contribution in [0.25, 0.3) is 0 Å². The minimum atomic E-state index is -4.70. The summed E-state index contributed by atoms with van der Waals surface area (Å²) in [4.78, 5) is 26.7. The van der Waals surface area contributed by atoms with Crippen LogP contribution < -0.4 is 16.4 Å². The topological polar surface area (TPSA) is 106 Å². The highest BCUT2D eigenvalue weighted by Crippen LogP contribution is 2.49. The molecule has 5 atom stereocenters.